The van der Waals surface area contributed by atoms with Gasteiger partial charge in [-0.15, -0.1) is 0 Å². The van der Waals surface area contributed by atoms with Gasteiger partial charge in [0.1, 0.15) is 11.5 Å². The van der Waals surface area contributed by atoms with Gasteiger partial charge in [-0.1, -0.05) is 24.3 Å². The maximum atomic E-state index is 12.9. The number of rotatable bonds is 6. The fourth-order valence-electron chi connectivity index (χ4n) is 3.04. The van der Waals surface area contributed by atoms with E-state index in [1.54, 1.807) is 56.6 Å². The van der Waals surface area contributed by atoms with E-state index in [4.69, 9.17) is 4.74 Å². The molecule has 0 aliphatic rings. The van der Waals surface area contributed by atoms with Crippen molar-refractivity contribution in [1.29, 1.82) is 0 Å². The number of halogens is 3. The summed E-state index contributed by atoms with van der Waals surface area (Å²) in [5.41, 5.74) is 0.873. The first-order chi connectivity index (χ1) is 15.2. The second-order valence-corrected chi connectivity index (χ2v) is 7.09. The molecular formula is C24H21F3N2O3. The Bertz CT molecular complexity index is 1110. The van der Waals surface area contributed by atoms with E-state index in [2.05, 4.69) is 5.32 Å². The normalized spacial score (nSPS) is 11.0. The van der Waals surface area contributed by atoms with E-state index >= 15 is 0 Å². The number of carbonyl (C=O) groups is 2. The van der Waals surface area contributed by atoms with Crippen molar-refractivity contribution in [3.05, 3.63) is 95.1 Å². The van der Waals surface area contributed by atoms with Crippen molar-refractivity contribution in [3.63, 3.8) is 0 Å². The molecule has 8 heteroatoms. The van der Waals surface area contributed by atoms with Gasteiger partial charge in [0.25, 0.3) is 11.8 Å². The molecule has 166 valence electrons. The van der Waals surface area contributed by atoms with E-state index in [-0.39, 0.29) is 23.3 Å². The van der Waals surface area contributed by atoms with Crippen LogP contribution in [0.25, 0.3) is 0 Å². The van der Waals surface area contributed by atoms with Crippen LogP contribution in [0.3, 0.4) is 0 Å². The van der Waals surface area contributed by atoms with Gasteiger partial charge in [0, 0.05) is 31.8 Å². The van der Waals surface area contributed by atoms with Gasteiger partial charge in [0.15, 0.2) is 0 Å². The van der Waals surface area contributed by atoms with Crippen LogP contribution in [0.15, 0.2) is 72.8 Å². The van der Waals surface area contributed by atoms with Gasteiger partial charge >= 0.3 is 6.18 Å². The minimum absolute atomic E-state index is 0.0222. The largest absolute Gasteiger partial charge is 0.457 e. The summed E-state index contributed by atoms with van der Waals surface area (Å²) < 4.78 is 44.2. The monoisotopic (exact) mass is 442 g/mol. The molecule has 1 N–H and O–H groups in total. The highest BCUT2D eigenvalue weighted by Crippen LogP contribution is 2.32. The van der Waals surface area contributed by atoms with Crippen LogP contribution < -0.4 is 10.1 Å². The van der Waals surface area contributed by atoms with Crippen LogP contribution in [-0.2, 0) is 12.7 Å². The van der Waals surface area contributed by atoms with Crippen molar-refractivity contribution < 1.29 is 27.5 Å². The highest BCUT2D eigenvalue weighted by molar-refractivity contribution is 5.95. The summed E-state index contributed by atoms with van der Waals surface area (Å²) in [6.07, 6.45) is -4.47. The predicted octanol–water partition coefficient (Wildman–Crippen LogP) is 5.13. The standard InChI is InChI=1S/C24H21F3N2O3/c1-28-22(30)17-11-9-16(10-12-17)15-29(2)23(31)18-5-3-7-20(13-18)32-21-8-4-6-19(14-21)24(25,26)27/h3-14H,15H2,1-2H3,(H,28,30). The zero-order valence-electron chi connectivity index (χ0n) is 17.4. The molecule has 0 bridgehead atoms. The van der Waals surface area contributed by atoms with Crippen LogP contribution in [-0.4, -0.2) is 30.8 Å². The molecule has 32 heavy (non-hydrogen) atoms. The number of benzene rings is 3. The Kier molecular flexibility index (Phi) is 6.82. The third-order valence-corrected chi connectivity index (χ3v) is 4.69. The molecule has 0 saturated carbocycles. The van der Waals surface area contributed by atoms with E-state index in [0.29, 0.717) is 17.7 Å². The summed E-state index contributed by atoms with van der Waals surface area (Å²) in [6.45, 7) is 0.311. The van der Waals surface area contributed by atoms with Crippen molar-refractivity contribution in [2.24, 2.45) is 0 Å². The van der Waals surface area contributed by atoms with Crippen molar-refractivity contribution in [1.82, 2.24) is 10.2 Å². The molecule has 0 aliphatic carbocycles. The number of ether oxygens (including phenoxy) is 1. The van der Waals surface area contributed by atoms with Gasteiger partial charge in [-0.25, -0.2) is 0 Å². The number of hydrogen-bond donors (Lipinski definition) is 1. The van der Waals surface area contributed by atoms with Crippen molar-refractivity contribution in [3.8, 4) is 11.5 Å². The lowest BCUT2D eigenvalue weighted by molar-refractivity contribution is -0.137. The first-order valence-corrected chi connectivity index (χ1v) is 9.69. The van der Waals surface area contributed by atoms with Crippen LogP contribution in [0.2, 0.25) is 0 Å². The highest BCUT2D eigenvalue weighted by Gasteiger charge is 2.30. The van der Waals surface area contributed by atoms with E-state index in [1.165, 1.54) is 23.1 Å². The molecule has 5 nitrogen and oxygen atoms in total. The summed E-state index contributed by atoms with van der Waals surface area (Å²) in [6, 6.07) is 17.7. The topological polar surface area (TPSA) is 58.6 Å². The maximum Gasteiger partial charge on any atom is 0.416 e. The molecule has 0 heterocycles. The summed E-state index contributed by atoms with van der Waals surface area (Å²) in [5, 5.41) is 2.54. The lowest BCUT2D eigenvalue weighted by Gasteiger charge is -2.18. The first-order valence-electron chi connectivity index (χ1n) is 9.69. The number of nitrogens with zero attached hydrogens (tertiary/aromatic N) is 1. The Labute approximate surface area is 183 Å². The Hall–Kier alpha value is -3.81. The smallest absolute Gasteiger partial charge is 0.416 e. The zero-order chi connectivity index (χ0) is 23.3. The van der Waals surface area contributed by atoms with Crippen molar-refractivity contribution in [2.45, 2.75) is 12.7 Å². The van der Waals surface area contributed by atoms with Crippen LogP contribution in [0, 0.1) is 0 Å². The van der Waals surface area contributed by atoms with Crippen LogP contribution >= 0.6 is 0 Å². The SMILES string of the molecule is CNC(=O)c1ccc(CN(C)C(=O)c2cccc(Oc3cccc(C(F)(F)F)c3)c2)cc1. The van der Waals surface area contributed by atoms with Crippen LogP contribution in [0.1, 0.15) is 31.8 Å². The number of nitrogens with one attached hydrogen (secondary N) is 1. The molecule has 0 aromatic heterocycles. The zero-order valence-corrected chi connectivity index (χ0v) is 17.4. The summed E-state index contributed by atoms with van der Waals surface area (Å²) >= 11 is 0. The minimum Gasteiger partial charge on any atom is -0.457 e. The molecule has 0 atom stereocenters. The first kappa shape index (κ1) is 22.9. The van der Waals surface area contributed by atoms with Crippen LogP contribution in [0.4, 0.5) is 13.2 Å². The fraction of sp³-hybridized carbons (Fsp3) is 0.167. The maximum absolute atomic E-state index is 12.9. The van der Waals surface area contributed by atoms with Gasteiger partial charge < -0.3 is 15.0 Å². The summed E-state index contributed by atoms with van der Waals surface area (Å²) in [7, 11) is 3.18. The van der Waals surface area contributed by atoms with Crippen molar-refractivity contribution in [2.75, 3.05) is 14.1 Å². The number of carbonyl (C=O) groups excluding carboxylic acids is 2. The van der Waals surface area contributed by atoms with E-state index < -0.39 is 11.7 Å². The summed E-state index contributed by atoms with van der Waals surface area (Å²) in [4.78, 5) is 25.9. The van der Waals surface area contributed by atoms with Crippen LogP contribution in [0.5, 0.6) is 11.5 Å². The molecule has 3 aromatic rings. The molecule has 3 aromatic carbocycles. The molecule has 0 unspecified atom stereocenters. The molecule has 3 rings (SSSR count). The Balaban J connectivity index is 1.70. The molecule has 2 amide bonds. The van der Waals surface area contributed by atoms with Crippen molar-refractivity contribution >= 4 is 11.8 Å². The Morgan fingerprint density at radius 2 is 1.53 bits per heavy atom. The number of amides is 2. The average Bonchev–Trinajstić information content (AvgIpc) is 2.78. The minimum atomic E-state index is -4.47. The van der Waals surface area contributed by atoms with E-state index in [9.17, 15) is 22.8 Å². The third kappa shape index (κ3) is 5.66. The number of hydrogen-bond acceptors (Lipinski definition) is 3. The quantitative estimate of drug-likeness (QED) is 0.576. The van der Waals surface area contributed by atoms with E-state index in [0.717, 1.165) is 17.7 Å². The summed E-state index contributed by atoms with van der Waals surface area (Å²) in [5.74, 6) is -0.207. The van der Waals surface area contributed by atoms with Gasteiger partial charge in [-0.3, -0.25) is 9.59 Å². The molecule has 0 saturated heterocycles. The molecular weight excluding hydrogens is 421 g/mol. The highest BCUT2D eigenvalue weighted by atomic mass is 19.4. The Morgan fingerprint density at radius 1 is 0.906 bits per heavy atom. The molecule has 0 fully saturated rings. The van der Waals surface area contributed by atoms with E-state index in [1.807, 2.05) is 0 Å². The third-order valence-electron chi connectivity index (χ3n) is 4.69. The molecule has 0 spiro atoms. The Morgan fingerprint density at radius 3 is 2.16 bits per heavy atom. The second-order valence-electron chi connectivity index (χ2n) is 7.09. The van der Waals surface area contributed by atoms with Gasteiger partial charge in [0.2, 0.25) is 0 Å². The molecule has 0 radical (unpaired) electrons. The molecule has 0 aliphatic heterocycles. The fourth-order valence-corrected chi connectivity index (χ4v) is 3.04. The second kappa shape index (κ2) is 9.55. The predicted molar refractivity (Wildman–Crippen MR) is 114 cm³/mol. The van der Waals surface area contributed by atoms with Gasteiger partial charge in [-0.2, -0.15) is 13.2 Å². The average molecular weight is 442 g/mol. The lowest BCUT2D eigenvalue weighted by Crippen LogP contribution is -2.26. The number of alkyl halides is 3. The van der Waals surface area contributed by atoms with Gasteiger partial charge in [-0.05, 0) is 54.1 Å². The lowest BCUT2D eigenvalue weighted by atomic mass is 10.1. The van der Waals surface area contributed by atoms with Gasteiger partial charge in [0.05, 0.1) is 5.56 Å².